The normalized spacial score (nSPS) is 12.6. The van der Waals surface area contributed by atoms with Crippen LogP contribution in [0, 0.1) is 12.8 Å². The smallest absolute Gasteiger partial charge is 0.311 e. The van der Waals surface area contributed by atoms with Crippen molar-refractivity contribution in [1.82, 2.24) is 0 Å². The highest BCUT2D eigenvalue weighted by Gasteiger charge is 2.18. The van der Waals surface area contributed by atoms with Gasteiger partial charge in [0.2, 0.25) is 0 Å². The third kappa shape index (κ3) is 4.27. The summed E-state index contributed by atoms with van der Waals surface area (Å²) in [4.78, 5) is 23.3. The van der Waals surface area contributed by atoms with Gasteiger partial charge in [-0.3, -0.25) is 9.59 Å². The number of carbonyl (C=O) groups is 2. The van der Waals surface area contributed by atoms with Crippen LogP contribution >= 0.6 is 8.81 Å². The van der Waals surface area contributed by atoms with Crippen molar-refractivity contribution in [3.8, 4) is 0 Å². The van der Waals surface area contributed by atoms with E-state index in [2.05, 4.69) is 0 Å². The fourth-order valence-electron chi connectivity index (χ4n) is 1.42. The molecule has 0 aliphatic rings. The average Bonchev–Trinajstić information content (AvgIpc) is 2.30. The third-order valence-electron chi connectivity index (χ3n) is 2.47. The van der Waals surface area contributed by atoms with Gasteiger partial charge < -0.3 is 4.52 Å². The van der Waals surface area contributed by atoms with Gasteiger partial charge in [-0.05, 0) is 13.6 Å². The molecule has 4 heteroatoms. The second-order valence-corrected chi connectivity index (χ2v) is 4.63. The fourth-order valence-corrected chi connectivity index (χ4v) is 1.82. The molecule has 0 aliphatic heterocycles. The molecular weight excluding hydrogens is 235 g/mol. The molecule has 1 aromatic carbocycles. The number of hydrogen-bond acceptors (Lipinski definition) is 3. The van der Waals surface area contributed by atoms with E-state index >= 15 is 0 Å². The maximum absolute atomic E-state index is 11.9. The average molecular weight is 252 g/mol. The molecule has 2 atom stereocenters. The van der Waals surface area contributed by atoms with Gasteiger partial charge in [-0.25, -0.2) is 0 Å². The summed E-state index contributed by atoms with van der Waals surface area (Å²) in [7, 11) is 0.131. The van der Waals surface area contributed by atoms with Crippen molar-refractivity contribution in [2.75, 3.05) is 6.66 Å². The first-order valence-corrected chi connectivity index (χ1v) is 6.92. The van der Waals surface area contributed by atoms with Gasteiger partial charge in [-0.2, -0.15) is 0 Å². The number of ketones is 1. The van der Waals surface area contributed by atoms with Crippen molar-refractivity contribution in [2.24, 2.45) is 5.92 Å². The quantitative estimate of drug-likeness (QED) is 0.597. The van der Waals surface area contributed by atoms with Crippen LogP contribution in [-0.2, 0) is 9.32 Å². The summed E-state index contributed by atoms with van der Waals surface area (Å²) in [5.74, 6) is -0.698. The van der Waals surface area contributed by atoms with Crippen molar-refractivity contribution in [3.63, 3.8) is 0 Å². The van der Waals surface area contributed by atoms with Crippen LogP contribution in [0.4, 0.5) is 0 Å². The highest BCUT2D eigenvalue weighted by Crippen LogP contribution is 2.16. The molecule has 0 bridgehead atoms. The predicted octanol–water partition coefficient (Wildman–Crippen LogP) is 2.97. The topological polar surface area (TPSA) is 43.4 Å². The van der Waals surface area contributed by atoms with Crippen molar-refractivity contribution < 1.29 is 14.1 Å². The summed E-state index contributed by atoms with van der Waals surface area (Å²) in [5.41, 5.74) is 1.76. The zero-order valence-corrected chi connectivity index (χ0v) is 11.3. The Kier molecular flexibility index (Phi) is 5.30. The van der Waals surface area contributed by atoms with Crippen LogP contribution in [-0.4, -0.2) is 18.4 Å². The Bertz CT molecular complexity index is 398. The molecule has 0 aliphatic carbocycles. The van der Waals surface area contributed by atoms with Gasteiger partial charge in [0.15, 0.2) is 5.78 Å². The minimum Gasteiger partial charge on any atom is -0.448 e. The molecule has 1 aromatic rings. The van der Waals surface area contributed by atoms with Crippen LogP contribution in [0.25, 0.3) is 0 Å². The molecule has 0 heterocycles. The lowest BCUT2D eigenvalue weighted by Crippen LogP contribution is -2.15. The number of carbonyl (C=O) groups excluding carboxylic acids is 2. The van der Waals surface area contributed by atoms with Crippen LogP contribution in [0.15, 0.2) is 24.3 Å². The van der Waals surface area contributed by atoms with Crippen LogP contribution in [0.2, 0.25) is 0 Å². The summed E-state index contributed by atoms with van der Waals surface area (Å²) in [6, 6.07) is 7.36. The van der Waals surface area contributed by atoms with E-state index in [0.29, 0.717) is 5.56 Å². The van der Waals surface area contributed by atoms with Crippen molar-refractivity contribution in [2.45, 2.75) is 20.3 Å². The van der Waals surface area contributed by atoms with Crippen LogP contribution < -0.4 is 0 Å². The number of Topliss-reactive ketones (excluding diaryl/α,β-unsaturated/α-hetero) is 1. The lowest BCUT2D eigenvalue weighted by molar-refractivity contribution is -0.137. The van der Waals surface area contributed by atoms with E-state index in [-0.39, 0.29) is 32.9 Å². The molecule has 92 valence electrons. The monoisotopic (exact) mass is 252 g/mol. The largest absolute Gasteiger partial charge is 0.448 e. The molecule has 2 unspecified atom stereocenters. The van der Waals surface area contributed by atoms with E-state index in [1.807, 2.05) is 19.1 Å². The van der Waals surface area contributed by atoms with Crippen LogP contribution in [0.5, 0.6) is 0 Å². The predicted molar refractivity (Wildman–Crippen MR) is 69.6 cm³/mol. The number of hydrogen-bond donors (Lipinski definition) is 0. The Labute approximate surface area is 103 Å². The van der Waals surface area contributed by atoms with Gasteiger partial charge in [-0.15, -0.1) is 0 Å². The van der Waals surface area contributed by atoms with E-state index in [0.717, 1.165) is 5.56 Å². The summed E-state index contributed by atoms with van der Waals surface area (Å²) < 4.78 is 4.90. The molecule has 0 fully saturated rings. The molecular formula is C13H17O3P. The third-order valence-corrected chi connectivity index (χ3v) is 2.88. The molecule has 0 spiro atoms. The van der Waals surface area contributed by atoms with Gasteiger partial charge >= 0.3 is 5.97 Å². The first-order chi connectivity index (χ1) is 8.04. The van der Waals surface area contributed by atoms with E-state index in [4.69, 9.17) is 4.52 Å². The molecule has 0 aromatic heterocycles. The fraction of sp³-hybridized carbons (Fsp3) is 0.385. The highest BCUT2D eigenvalue weighted by molar-refractivity contribution is 7.31. The SMILES string of the molecule is CPOC(=O)C(C)CC(=O)c1ccc(C)cc1. The van der Waals surface area contributed by atoms with E-state index in [1.54, 1.807) is 25.7 Å². The first kappa shape index (κ1) is 13.9. The second-order valence-electron chi connectivity index (χ2n) is 4.02. The van der Waals surface area contributed by atoms with Crippen molar-refractivity contribution in [1.29, 1.82) is 0 Å². The maximum Gasteiger partial charge on any atom is 0.311 e. The molecule has 0 radical (unpaired) electrons. The molecule has 0 N–H and O–H groups in total. The van der Waals surface area contributed by atoms with Gasteiger partial charge in [0.05, 0.1) is 14.7 Å². The van der Waals surface area contributed by atoms with Gasteiger partial charge in [0, 0.05) is 12.0 Å². The maximum atomic E-state index is 11.9. The van der Waals surface area contributed by atoms with Gasteiger partial charge in [0.1, 0.15) is 0 Å². The Hall–Kier alpha value is -1.21. The molecule has 3 nitrogen and oxygen atoms in total. The number of benzene rings is 1. The lowest BCUT2D eigenvalue weighted by Gasteiger charge is -2.09. The first-order valence-electron chi connectivity index (χ1n) is 5.52. The Balaban J connectivity index is 2.60. The molecule has 0 amide bonds. The van der Waals surface area contributed by atoms with Gasteiger partial charge in [-0.1, -0.05) is 36.8 Å². The molecule has 0 saturated heterocycles. The molecule has 17 heavy (non-hydrogen) atoms. The van der Waals surface area contributed by atoms with Crippen LogP contribution in [0.1, 0.15) is 29.3 Å². The summed E-state index contributed by atoms with van der Waals surface area (Å²) in [5, 5.41) is 0. The number of aryl methyl sites for hydroxylation is 1. The minimum absolute atomic E-state index is 0.0195. The second kappa shape index (κ2) is 6.51. The number of rotatable bonds is 5. The standard InChI is InChI=1S/C13H17O3P/c1-9-4-6-11(7-5-9)12(14)8-10(2)13(15)16-17-3/h4-7,10,17H,8H2,1-3H3. The van der Waals surface area contributed by atoms with Crippen molar-refractivity contribution in [3.05, 3.63) is 35.4 Å². The van der Waals surface area contributed by atoms with Crippen molar-refractivity contribution >= 4 is 20.6 Å². The van der Waals surface area contributed by atoms with E-state index < -0.39 is 0 Å². The minimum atomic E-state index is -0.378. The lowest BCUT2D eigenvalue weighted by atomic mass is 9.99. The van der Waals surface area contributed by atoms with E-state index in [1.165, 1.54) is 0 Å². The summed E-state index contributed by atoms with van der Waals surface area (Å²) >= 11 is 0. The summed E-state index contributed by atoms with van der Waals surface area (Å²) in [6.07, 6.45) is 0.201. The Morgan fingerprint density at radius 3 is 2.41 bits per heavy atom. The summed E-state index contributed by atoms with van der Waals surface area (Å²) in [6.45, 7) is 5.47. The zero-order valence-electron chi connectivity index (χ0n) is 10.3. The van der Waals surface area contributed by atoms with E-state index in [9.17, 15) is 9.59 Å². The molecule has 1 rings (SSSR count). The molecule has 0 saturated carbocycles. The zero-order chi connectivity index (χ0) is 12.8. The Morgan fingerprint density at radius 2 is 1.88 bits per heavy atom. The highest BCUT2D eigenvalue weighted by atomic mass is 31.1. The van der Waals surface area contributed by atoms with Crippen LogP contribution in [0.3, 0.4) is 0 Å². The van der Waals surface area contributed by atoms with Gasteiger partial charge in [0.25, 0.3) is 0 Å². The Morgan fingerprint density at radius 1 is 1.29 bits per heavy atom.